The Labute approximate surface area is 234 Å². The van der Waals surface area contributed by atoms with Crippen LogP contribution in [-0.4, -0.2) is 35.9 Å². The molecule has 0 saturated heterocycles. The summed E-state index contributed by atoms with van der Waals surface area (Å²) in [5.74, 6) is -0.198. The molecule has 2 fully saturated rings. The molecule has 2 amide bonds. The van der Waals surface area contributed by atoms with E-state index in [4.69, 9.17) is 15.2 Å². The summed E-state index contributed by atoms with van der Waals surface area (Å²) in [6.45, 7) is 16.8. The summed E-state index contributed by atoms with van der Waals surface area (Å²) in [4.78, 5) is 39.0. The van der Waals surface area contributed by atoms with Gasteiger partial charge in [0.15, 0.2) is 0 Å². The number of nitrogens with two attached hydrogens (primary N) is 1. The number of hydrazone groups is 1. The number of hydrogen-bond donors (Lipinski definition) is 2. The van der Waals surface area contributed by atoms with Crippen LogP contribution in [0, 0.1) is 53.3 Å². The molecule has 3 aliphatic carbocycles. The highest BCUT2D eigenvalue weighted by Gasteiger charge is 2.46. The second-order valence-corrected chi connectivity index (χ2v) is 13.3. The van der Waals surface area contributed by atoms with Crippen LogP contribution in [0.4, 0.5) is 4.79 Å². The third-order valence-electron chi connectivity index (χ3n) is 9.50. The predicted molar refractivity (Wildman–Crippen MR) is 153 cm³/mol. The van der Waals surface area contributed by atoms with Crippen molar-refractivity contribution < 1.29 is 23.9 Å². The van der Waals surface area contributed by atoms with E-state index < -0.39 is 29.8 Å². The minimum absolute atomic E-state index is 0.131. The quantitative estimate of drug-likeness (QED) is 0.307. The molecule has 0 spiro atoms. The summed E-state index contributed by atoms with van der Waals surface area (Å²) >= 11 is 0. The van der Waals surface area contributed by atoms with E-state index in [1.807, 2.05) is 13.8 Å². The Hall–Kier alpha value is -2.38. The van der Waals surface area contributed by atoms with Gasteiger partial charge in [-0.2, -0.15) is 5.10 Å². The van der Waals surface area contributed by atoms with Crippen molar-refractivity contribution in [2.45, 2.75) is 106 Å². The fourth-order valence-corrected chi connectivity index (χ4v) is 7.19. The van der Waals surface area contributed by atoms with Gasteiger partial charge in [0.1, 0.15) is 18.1 Å². The molecule has 0 heterocycles. The predicted octanol–water partition coefficient (Wildman–Crippen LogP) is 5.85. The minimum Gasteiger partial charge on any atom is -0.462 e. The van der Waals surface area contributed by atoms with Crippen LogP contribution < -0.4 is 11.2 Å². The molecular weight excluding hydrogens is 494 g/mol. The monoisotopic (exact) mass is 545 g/mol. The molecule has 220 valence electrons. The van der Waals surface area contributed by atoms with Gasteiger partial charge in [0.2, 0.25) is 0 Å². The van der Waals surface area contributed by atoms with Gasteiger partial charge in [0, 0.05) is 0 Å². The zero-order valence-corrected chi connectivity index (χ0v) is 25.2. The van der Waals surface area contributed by atoms with E-state index in [2.05, 4.69) is 52.1 Å². The summed E-state index contributed by atoms with van der Waals surface area (Å²) in [7, 11) is 0. The van der Waals surface area contributed by atoms with E-state index in [0.29, 0.717) is 35.3 Å². The van der Waals surface area contributed by atoms with Gasteiger partial charge < -0.3 is 15.2 Å². The fourth-order valence-electron chi connectivity index (χ4n) is 7.19. The van der Waals surface area contributed by atoms with Crippen LogP contribution in [0.3, 0.4) is 0 Å². The van der Waals surface area contributed by atoms with Gasteiger partial charge in [0.05, 0.1) is 11.6 Å². The molecule has 3 aliphatic rings. The topological polar surface area (TPSA) is 120 Å². The molecule has 2 saturated carbocycles. The lowest BCUT2D eigenvalue weighted by Crippen LogP contribution is -2.46. The van der Waals surface area contributed by atoms with Crippen LogP contribution in [0.2, 0.25) is 0 Å². The molecule has 0 aromatic heterocycles. The van der Waals surface area contributed by atoms with Gasteiger partial charge >= 0.3 is 18.0 Å². The Morgan fingerprint density at radius 1 is 0.846 bits per heavy atom. The van der Waals surface area contributed by atoms with Gasteiger partial charge in [-0.25, -0.2) is 10.2 Å². The molecular formula is C31H51N3O5. The van der Waals surface area contributed by atoms with E-state index in [9.17, 15) is 14.4 Å². The molecule has 39 heavy (non-hydrogen) atoms. The second kappa shape index (κ2) is 13.3. The maximum absolute atomic E-state index is 13.8. The van der Waals surface area contributed by atoms with Gasteiger partial charge in [-0.1, -0.05) is 66.9 Å². The lowest BCUT2D eigenvalue weighted by Gasteiger charge is -2.40. The maximum atomic E-state index is 13.8. The van der Waals surface area contributed by atoms with Gasteiger partial charge in [-0.3, -0.25) is 9.59 Å². The number of esters is 2. The Kier molecular flexibility index (Phi) is 10.6. The van der Waals surface area contributed by atoms with Crippen LogP contribution in [0.1, 0.15) is 93.9 Å². The summed E-state index contributed by atoms with van der Waals surface area (Å²) < 4.78 is 12.4. The van der Waals surface area contributed by atoms with Crippen molar-refractivity contribution in [1.82, 2.24) is 5.43 Å². The van der Waals surface area contributed by atoms with E-state index in [-0.39, 0.29) is 24.1 Å². The Bertz CT molecular complexity index is 958. The zero-order chi connectivity index (χ0) is 29.0. The van der Waals surface area contributed by atoms with Crippen LogP contribution in [0.25, 0.3) is 0 Å². The highest BCUT2D eigenvalue weighted by atomic mass is 16.5. The molecule has 0 unspecified atom stereocenters. The van der Waals surface area contributed by atoms with E-state index in [1.165, 1.54) is 0 Å². The first-order chi connectivity index (χ1) is 18.3. The lowest BCUT2D eigenvalue weighted by molar-refractivity contribution is -0.165. The van der Waals surface area contributed by atoms with Crippen molar-refractivity contribution in [1.29, 1.82) is 0 Å². The first-order valence-corrected chi connectivity index (χ1v) is 15.0. The van der Waals surface area contributed by atoms with Crippen molar-refractivity contribution in [3.8, 4) is 0 Å². The number of amides is 2. The second-order valence-electron chi connectivity index (χ2n) is 13.3. The number of primary amides is 1. The van der Waals surface area contributed by atoms with Crippen LogP contribution in [-0.2, 0) is 19.1 Å². The van der Waals surface area contributed by atoms with E-state index in [1.54, 1.807) is 6.08 Å². The van der Waals surface area contributed by atoms with Crippen molar-refractivity contribution in [3.05, 3.63) is 11.6 Å². The first-order valence-electron chi connectivity index (χ1n) is 15.0. The average Bonchev–Trinajstić information content (AvgIpc) is 2.82. The number of rotatable bonds is 7. The average molecular weight is 546 g/mol. The van der Waals surface area contributed by atoms with Gasteiger partial charge in [-0.05, 0) is 80.1 Å². The number of nitrogens with zero attached hydrogens (tertiary/aromatic N) is 1. The third kappa shape index (κ3) is 7.63. The van der Waals surface area contributed by atoms with E-state index >= 15 is 0 Å². The zero-order valence-electron chi connectivity index (χ0n) is 25.2. The number of ether oxygens (including phenoxy) is 2. The molecule has 9 atom stereocenters. The highest BCUT2D eigenvalue weighted by Crippen LogP contribution is 2.41. The van der Waals surface area contributed by atoms with Crippen molar-refractivity contribution in [3.63, 3.8) is 0 Å². The van der Waals surface area contributed by atoms with Crippen molar-refractivity contribution in [2.24, 2.45) is 64.1 Å². The number of hydrogen-bond acceptors (Lipinski definition) is 6. The molecule has 3 N–H and O–H groups in total. The molecule has 0 aromatic rings. The lowest BCUT2D eigenvalue weighted by atomic mass is 9.71. The fraction of sp³-hybridized carbons (Fsp3) is 0.806. The molecule has 0 bridgehead atoms. The molecule has 0 aliphatic heterocycles. The first kappa shape index (κ1) is 31.2. The number of nitrogens with one attached hydrogen (secondary N) is 1. The largest absolute Gasteiger partial charge is 0.462 e. The normalized spacial score (nSPS) is 36.4. The maximum Gasteiger partial charge on any atom is 0.332 e. The highest BCUT2D eigenvalue weighted by molar-refractivity contribution is 6.11. The summed E-state index contributed by atoms with van der Waals surface area (Å²) in [6, 6.07) is -0.818. The molecule has 0 radical (unpaired) electrons. The Balaban J connectivity index is 1.88. The summed E-state index contributed by atoms with van der Waals surface area (Å²) in [5, 5.41) is 4.17. The van der Waals surface area contributed by atoms with Crippen molar-refractivity contribution in [2.75, 3.05) is 0 Å². The summed E-state index contributed by atoms with van der Waals surface area (Å²) in [6.07, 6.45) is 7.40. The Morgan fingerprint density at radius 2 is 1.31 bits per heavy atom. The Morgan fingerprint density at radius 3 is 1.74 bits per heavy atom. The minimum atomic E-state index is -0.825. The van der Waals surface area contributed by atoms with E-state index in [0.717, 1.165) is 44.1 Å². The number of carbonyl (C=O) groups excluding carboxylic acids is 3. The standard InChI is InChI=1S/C31H51N3O5/c1-16(2)22-11-9-18(5)13-25(22)38-29(35)27-20(7)15-24(33-34-31(32)37)28(21(27)8)30(36)39-26-14-19(6)10-12-23(26)17(3)4/h15-19,21-23,25-28H,9-14H2,1-8H3,(H3,32,34,37)/b33-24-/t18-,19-,21+,22+,23-,25-,26-,27+,28+/m1/s1. The van der Waals surface area contributed by atoms with Gasteiger partial charge in [0.25, 0.3) is 0 Å². The molecule has 3 rings (SSSR count). The number of allylic oxidation sites excluding steroid dienone is 1. The SMILES string of the molecule is CC1=C/C(=N/NC(N)=O)[C@@H](C(=O)O[C@@H]2C[C@H](C)CC[C@@H]2C(C)C)[C@@H](C)[C@H]1C(=O)O[C@@H]1C[C@H](C)CC[C@H]1C(C)C. The third-order valence-corrected chi connectivity index (χ3v) is 9.50. The summed E-state index contributed by atoms with van der Waals surface area (Å²) in [5.41, 5.74) is 8.65. The smallest absolute Gasteiger partial charge is 0.332 e. The van der Waals surface area contributed by atoms with Gasteiger partial charge in [-0.15, -0.1) is 0 Å². The molecule has 8 nitrogen and oxygen atoms in total. The number of urea groups is 1. The molecule has 0 aromatic carbocycles. The molecule has 8 heteroatoms. The van der Waals surface area contributed by atoms with Crippen LogP contribution in [0.5, 0.6) is 0 Å². The van der Waals surface area contributed by atoms with Crippen molar-refractivity contribution >= 4 is 23.7 Å². The van der Waals surface area contributed by atoms with Crippen LogP contribution >= 0.6 is 0 Å². The van der Waals surface area contributed by atoms with Crippen LogP contribution in [0.15, 0.2) is 16.8 Å². The number of carbonyl (C=O) groups is 3.